The minimum atomic E-state index is -0.953. The van der Waals surface area contributed by atoms with Crippen LogP contribution in [0.3, 0.4) is 0 Å². The van der Waals surface area contributed by atoms with Gasteiger partial charge in [-0.3, -0.25) is 14.4 Å². The minimum absolute atomic E-state index is 0.283. The lowest BCUT2D eigenvalue weighted by atomic mass is 10.2. The second-order valence-corrected chi connectivity index (χ2v) is 4.55. The zero-order valence-electron chi connectivity index (χ0n) is 13.1. The molecular weight excluding hydrogens is 300 g/mol. The highest BCUT2D eigenvalue weighted by Crippen LogP contribution is 2.16. The summed E-state index contributed by atoms with van der Waals surface area (Å²) in [6.07, 6.45) is 0.561. The highest BCUT2D eigenvalue weighted by Gasteiger charge is 2.18. The van der Waals surface area contributed by atoms with Crippen LogP contribution in [0, 0.1) is 0 Å². The van der Waals surface area contributed by atoms with Crippen molar-refractivity contribution in [1.29, 1.82) is 0 Å². The first-order valence-electron chi connectivity index (χ1n) is 6.99. The molecule has 0 unspecified atom stereocenters. The molecule has 0 aliphatic heterocycles. The molecular formula is C16H20N2O5. The summed E-state index contributed by atoms with van der Waals surface area (Å²) >= 11 is 0. The van der Waals surface area contributed by atoms with E-state index in [1.54, 1.807) is 24.3 Å². The van der Waals surface area contributed by atoms with Crippen LogP contribution >= 0.6 is 0 Å². The van der Waals surface area contributed by atoms with Crippen LogP contribution in [0.15, 0.2) is 36.9 Å². The highest BCUT2D eigenvalue weighted by molar-refractivity contribution is 5.98. The maximum Gasteiger partial charge on any atom is 0.326 e. The number of amides is 2. The molecule has 0 aliphatic rings. The van der Waals surface area contributed by atoms with E-state index in [9.17, 15) is 14.4 Å². The van der Waals surface area contributed by atoms with Crippen molar-refractivity contribution in [3.05, 3.63) is 42.5 Å². The average molecular weight is 320 g/mol. The molecule has 0 saturated carbocycles. The molecule has 1 rings (SSSR count). The van der Waals surface area contributed by atoms with E-state index in [4.69, 9.17) is 9.47 Å². The summed E-state index contributed by atoms with van der Waals surface area (Å²) < 4.78 is 9.99. The van der Waals surface area contributed by atoms with E-state index in [2.05, 4.69) is 17.2 Å². The quantitative estimate of drug-likeness (QED) is 0.542. The van der Waals surface area contributed by atoms with Crippen LogP contribution in [0.25, 0.3) is 0 Å². The van der Waals surface area contributed by atoms with Gasteiger partial charge < -0.3 is 20.1 Å². The Morgan fingerprint density at radius 2 is 1.96 bits per heavy atom. The molecule has 1 aromatic carbocycles. The Bertz CT molecular complexity index is 586. The molecule has 7 nitrogen and oxygen atoms in total. The van der Waals surface area contributed by atoms with Gasteiger partial charge in [0.15, 0.2) is 6.10 Å². The fraction of sp³-hybridized carbons (Fsp3) is 0.312. The van der Waals surface area contributed by atoms with Gasteiger partial charge in [0.2, 0.25) is 0 Å². The van der Waals surface area contributed by atoms with Crippen LogP contribution in [-0.2, 0) is 14.3 Å². The second-order valence-electron chi connectivity index (χ2n) is 4.55. The fourth-order valence-corrected chi connectivity index (χ4v) is 1.69. The van der Waals surface area contributed by atoms with Gasteiger partial charge in [-0.2, -0.15) is 0 Å². The molecule has 1 atom stereocenters. The number of ether oxygens (including phenoxy) is 2. The molecule has 0 saturated heterocycles. The van der Waals surface area contributed by atoms with Crippen molar-refractivity contribution in [2.45, 2.75) is 13.0 Å². The summed E-state index contributed by atoms with van der Waals surface area (Å²) in [5.41, 5.74) is 0.305. The SMILES string of the molecule is C=CCNC(=O)[C@H](C)OC(=O)CNC(=O)c1ccccc1OC. The molecule has 0 spiro atoms. The maximum atomic E-state index is 12.0. The molecule has 0 aromatic heterocycles. The Morgan fingerprint density at radius 3 is 2.61 bits per heavy atom. The maximum absolute atomic E-state index is 12.0. The molecule has 23 heavy (non-hydrogen) atoms. The zero-order chi connectivity index (χ0) is 17.2. The summed E-state index contributed by atoms with van der Waals surface area (Å²) in [6, 6.07) is 6.62. The van der Waals surface area contributed by atoms with Gasteiger partial charge >= 0.3 is 5.97 Å². The first-order valence-corrected chi connectivity index (χ1v) is 6.99. The van der Waals surface area contributed by atoms with Crippen LogP contribution < -0.4 is 15.4 Å². The molecule has 0 aliphatic carbocycles. The molecule has 0 bridgehead atoms. The first-order chi connectivity index (χ1) is 11.0. The van der Waals surface area contributed by atoms with Gasteiger partial charge in [0, 0.05) is 6.54 Å². The number of nitrogens with one attached hydrogen (secondary N) is 2. The second kappa shape index (κ2) is 9.24. The van der Waals surface area contributed by atoms with E-state index in [1.807, 2.05) is 0 Å². The molecule has 1 aromatic rings. The van der Waals surface area contributed by atoms with Gasteiger partial charge in [-0.25, -0.2) is 0 Å². The molecule has 0 radical (unpaired) electrons. The van der Waals surface area contributed by atoms with Gasteiger partial charge in [0.1, 0.15) is 12.3 Å². The summed E-state index contributed by atoms with van der Waals surface area (Å²) in [7, 11) is 1.45. The Labute approximate surface area is 134 Å². The normalized spacial score (nSPS) is 11.0. The number of hydrogen-bond donors (Lipinski definition) is 2. The van der Waals surface area contributed by atoms with Crippen molar-refractivity contribution in [2.75, 3.05) is 20.2 Å². The Morgan fingerprint density at radius 1 is 1.26 bits per heavy atom. The van der Waals surface area contributed by atoms with Crippen molar-refractivity contribution in [3.63, 3.8) is 0 Å². The topological polar surface area (TPSA) is 93.7 Å². The van der Waals surface area contributed by atoms with Crippen LogP contribution in [-0.4, -0.2) is 44.1 Å². The number of carbonyl (C=O) groups is 3. The largest absolute Gasteiger partial charge is 0.496 e. The molecule has 124 valence electrons. The third kappa shape index (κ3) is 5.82. The van der Waals surface area contributed by atoms with Crippen LogP contribution in [0.4, 0.5) is 0 Å². The van der Waals surface area contributed by atoms with E-state index in [-0.39, 0.29) is 13.1 Å². The van der Waals surface area contributed by atoms with Gasteiger partial charge in [-0.15, -0.1) is 6.58 Å². The van der Waals surface area contributed by atoms with E-state index < -0.39 is 23.9 Å². The van der Waals surface area contributed by atoms with Gasteiger partial charge in [0.25, 0.3) is 11.8 Å². The van der Waals surface area contributed by atoms with Gasteiger partial charge in [-0.1, -0.05) is 18.2 Å². The number of para-hydroxylation sites is 1. The molecule has 2 amide bonds. The lowest BCUT2D eigenvalue weighted by molar-refractivity contribution is -0.153. The number of rotatable bonds is 8. The highest BCUT2D eigenvalue weighted by atomic mass is 16.5. The van der Waals surface area contributed by atoms with E-state index >= 15 is 0 Å². The lowest BCUT2D eigenvalue weighted by Gasteiger charge is -2.13. The molecule has 0 fully saturated rings. The molecule has 7 heteroatoms. The predicted molar refractivity (Wildman–Crippen MR) is 84.1 cm³/mol. The zero-order valence-corrected chi connectivity index (χ0v) is 13.1. The summed E-state index contributed by atoms with van der Waals surface area (Å²) in [4.78, 5) is 35.2. The van der Waals surface area contributed by atoms with Gasteiger partial charge in [-0.05, 0) is 19.1 Å². The van der Waals surface area contributed by atoms with E-state index in [1.165, 1.54) is 20.1 Å². The van der Waals surface area contributed by atoms with Crippen LogP contribution in [0.1, 0.15) is 17.3 Å². The van der Waals surface area contributed by atoms with Crippen molar-refractivity contribution < 1.29 is 23.9 Å². The van der Waals surface area contributed by atoms with E-state index in [0.29, 0.717) is 11.3 Å². The minimum Gasteiger partial charge on any atom is -0.496 e. The summed E-state index contributed by atoms with van der Waals surface area (Å²) in [5.74, 6) is -1.22. The number of benzene rings is 1. The molecule has 0 heterocycles. The number of carbonyl (C=O) groups excluding carboxylic acids is 3. The summed E-state index contributed by atoms with van der Waals surface area (Å²) in [5, 5.41) is 4.92. The van der Waals surface area contributed by atoms with Crippen molar-refractivity contribution in [3.8, 4) is 5.75 Å². The molecule has 2 N–H and O–H groups in total. The Kier molecular flexibility index (Phi) is 7.32. The van der Waals surface area contributed by atoms with Gasteiger partial charge in [0.05, 0.1) is 12.7 Å². The van der Waals surface area contributed by atoms with Crippen molar-refractivity contribution in [2.24, 2.45) is 0 Å². The first kappa shape index (κ1) is 18.2. The monoisotopic (exact) mass is 320 g/mol. The Hall–Kier alpha value is -2.83. The van der Waals surface area contributed by atoms with Crippen molar-refractivity contribution >= 4 is 17.8 Å². The predicted octanol–water partition coefficient (Wildman–Crippen LogP) is 0.659. The lowest BCUT2D eigenvalue weighted by Crippen LogP contribution is -2.38. The van der Waals surface area contributed by atoms with Crippen molar-refractivity contribution in [1.82, 2.24) is 10.6 Å². The van der Waals surface area contributed by atoms with Crippen LogP contribution in [0.2, 0.25) is 0 Å². The standard InChI is InChI=1S/C16H20N2O5/c1-4-9-17-15(20)11(2)23-14(19)10-18-16(21)12-7-5-6-8-13(12)22-3/h4-8,11H,1,9-10H2,2-3H3,(H,17,20)(H,18,21)/t11-/m0/s1. The fourth-order valence-electron chi connectivity index (χ4n) is 1.69. The third-order valence-corrected chi connectivity index (χ3v) is 2.84. The smallest absolute Gasteiger partial charge is 0.326 e. The van der Waals surface area contributed by atoms with E-state index in [0.717, 1.165) is 0 Å². The van der Waals surface area contributed by atoms with Crippen LogP contribution in [0.5, 0.6) is 5.75 Å². The number of esters is 1. The Balaban J connectivity index is 2.48. The average Bonchev–Trinajstić information content (AvgIpc) is 2.57. The third-order valence-electron chi connectivity index (χ3n) is 2.84. The number of methoxy groups -OCH3 is 1. The number of hydrogen-bond acceptors (Lipinski definition) is 5. The summed E-state index contributed by atoms with van der Waals surface area (Å²) in [6.45, 7) is 4.84.